The number of benzene rings is 2. The van der Waals surface area contributed by atoms with Crippen molar-refractivity contribution in [1.82, 2.24) is 10.6 Å². The van der Waals surface area contributed by atoms with Crippen LogP contribution in [-0.4, -0.2) is 52.0 Å². The van der Waals surface area contributed by atoms with E-state index in [0.717, 1.165) is 66.9 Å². The summed E-state index contributed by atoms with van der Waals surface area (Å²) >= 11 is 0. The summed E-state index contributed by atoms with van der Waals surface area (Å²) in [7, 11) is 1.72. The Morgan fingerprint density at radius 1 is 1.16 bits per heavy atom. The number of aliphatic imine (C=N–C) groups is 1. The molecule has 31 heavy (non-hydrogen) atoms. The number of methoxy groups -OCH3 is 1. The number of rotatable bonds is 6. The smallest absolute Gasteiger partial charge is 0.191 e. The molecule has 2 aliphatic rings. The fourth-order valence-electron chi connectivity index (χ4n) is 4.04. The highest BCUT2D eigenvalue weighted by Crippen LogP contribution is 2.34. The van der Waals surface area contributed by atoms with Gasteiger partial charge in [0.05, 0.1) is 32.6 Å². The number of nitrogens with one attached hydrogen (secondary N) is 2. The molecule has 0 aromatic heterocycles. The number of guanidine groups is 1. The number of hydrogen-bond acceptors (Lipinski definition) is 5. The molecule has 7 heteroatoms. The number of fused-ring (bicyclic) bond motifs is 1. The summed E-state index contributed by atoms with van der Waals surface area (Å²) in [6.45, 7) is 6.67. The summed E-state index contributed by atoms with van der Waals surface area (Å²) in [6, 6.07) is 14.5. The van der Waals surface area contributed by atoms with Gasteiger partial charge in [-0.2, -0.15) is 0 Å². The van der Waals surface area contributed by atoms with E-state index in [1.54, 1.807) is 7.11 Å². The zero-order chi connectivity index (χ0) is 21.5. The number of ether oxygens (including phenoxy) is 3. The minimum atomic E-state index is 0.315. The van der Waals surface area contributed by atoms with Gasteiger partial charge in [-0.25, -0.2) is 4.99 Å². The van der Waals surface area contributed by atoms with E-state index in [4.69, 9.17) is 19.2 Å². The quantitative estimate of drug-likeness (QED) is 0.548. The third-order valence-electron chi connectivity index (χ3n) is 5.56. The third kappa shape index (κ3) is 5.16. The topological polar surface area (TPSA) is 67.4 Å². The molecule has 0 amide bonds. The molecule has 0 spiro atoms. The Balaban J connectivity index is 1.42. The molecule has 1 fully saturated rings. The Morgan fingerprint density at radius 3 is 2.90 bits per heavy atom. The second-order valence-corrected chi connectivity index (χ2v) is 7.74. The largest absolute Gasteiger partial charge is 0.495 e. The molecule has 1 atom stereocenters. The van der Waals surface area contributed by atoms with Crippen molar-refractivity contribution in [3.63, 3.8) is 0 Å². The fraction of sp³-hybridized carbons (Fsp3) is 0.458. The van der Waals surface area contributed by atoms with Gasteiger partial charge < -0.3 is 29.7 Å². The van der Waals surface area contributed by atoms with Gasteiger partial charge in [0, 0.05) is 37.7 Å². The van der Waals surface area contributed by atoms with Crippen molar-refractivity contribution in [3.8, 4) is 17.2 Å². The maximum Gasteiger partial charge on any atom is 0.191 e. The molecule has 2 heterocycles. The minimum absolute atomic E-state index is 0.315. The van der Waals surface area contributed by atoms with Crippen LogP contribution in [0.4, 0.5) is 5.69 Å². The molecule has 2 aromatic carbocycles. The molecule has 2 aromatic rings. The zero-order valence-electron chi connectivity index (χ0n) is 18.4. The van der Waals surface area contributed by atoms with Crippen LogP contribution >= 0.6 is 0 Å². The van der Waals surface area contributed by atoms with Crippen molar-refractivity contribution in [3.05, 3.63) is 48.0 Å². The Hall–Kier alpha value is -3.09. The first kappa shape index (κ1) is 21.2. The van der Waals surface area contributed by atoms with Crippen molar-refractivity contribution >= 4 is 11.6 Å². The highest BCUT2D eigenvalue weighted by Gasteiger charge is 2.25. The van der Waals surface area contributed by atoms with E-state index in [0.29, 0.717) is 25.8 Å². The van der Waals surface area contributed by atoms with E-state index in [-0.39, 0.29) is 0 Å². The predicted octanol–water partition coefficient (Wildman–Crippen LogP) is 3.19. The second-order valence-electron chi connectivity index (χ2n) is 7.74. The average molecular weight is 425 g/mol. The van der Waals surface area contributed by atoms with Crippen LogP contribution in [0.1, 0.15) is 25.3 Å². The standard InChI is InChI=1S/C24H32N4O3/c1-3-25-24(26-16-18-8-6-11-22-23(18)31-15-7-14-30-22)27-19-12-13-28(17-19)20-9-4-5-10-21(20)29-2/h4-6,8-11,19H,3,7,12-17H2,1-2H3,(H2,25,26,27). The third-order valence-corrected chi connectivity index (χ3v) is 5.56. The van der Waals surface area contributed by atoms with Gasteiger partial charge in [-0.15, -0.1) is 0 Å². The highest BCUT2D eigenvalue weighted by molar-refractivity contribution is 5.80. The lowest BCUT2D eigenvalue weighted by Gasteiger charge is -2.22. The first-order valence-electron chi connectivity index (χ1n) is 11.1. The molecule has 0 radical (unpaired) electrons. The van der Waals surface area contributed by atoms with Gasteiger partial charge in [0.15, 0.2) is 17.5 Å². The summed E-state index contributed by atoms with van der Waals surface area (Å²) in [5.74, 6) is 3.37. The first-order valence-corrected chi connectivity index (χ1v) is 11.1. The lowest BCUT2D eigenvalue weighted by Crippen LogP contribution is -2.44. The Bertz CT molecular complexity index is 902. The van der Waals surface area contributed by atoms with Gasteiger partial charge in [0.1, 0.15) is 5.75 Å². The van der Waals surface area contributed by atoms with Crippen molar-refractivity contribution in [1.29, 1.82) is 0 Å². The molecule has 0 aliphatic carbocycles. The molecular formula is C24H32N4O3. The number of hydrogen-bond donors (Lipinski definition) is 2. The Kier molecular flexibility index (Phi) is 7.02. The number of nitrogens with zero attached hydrogens (tertiary/aromatic N) is 2. The van der Waals surface area contributed by atoms with E-state index in [1.165, 1.54) is 0 Å². The van der Waals surface area contributed by atoms with E-state index >= 15 is 0 Å². The van der Waals surface area contributed by atoms with Crippen LogP contribution in [0.25, 0.3) is 0 Å². The monoisotopic (exact) mass is 424 g/mol. The van der Waals surface area contributed by atoms with E-state index < -0.39 is 0 Å². The van der Waals surface area contributed by atoms with Crippen LogP contribution in [0.15, 0.2) is 47.5 Å². The van der Waals surface area contributed by atoms with Gasteiger partial charge in [-0.1, -0.05) is 24.3 Å². The molecule has 7 nitrogen and oxygen atoms in total. The highest BCUT2D eigenvalue weighted by atomic mass is 16.5. The first-order chi connectivity index (χ1) is 15.3. The van der Waals surface area contributed by atoms with Crippen LogP contribution in [-0.2, 0) is 6.54 Å². The van der Waals surface area contributed by atoms with Gasteiger partial charge in [-0.05, 0) is 31.5 Å². The summed E-state index contributed by atoms with van der Waals surface area (Å²) in [6.07, 6.45) is 1.94. The minimum Gasteiger partial charge on any atom is -0.495 e. The molecule has 1 unspecified atom stereocenters. The van der Waals surface area contributed by atoms with Crippen molar-refractivity contribution in [2.75, 3.05) is 44.9 Å². The van der Waals surface area contributed by atoms with Crippen molar-refractivity contribution < 1.29 is 14.2 Å². The van der Waals surface area contributed by atoms with Gasteiger partial charge >= 0.3 is 0 Å². The predicted molar refractivity (Wildman–Crippen MR) is 124 cm³/mol. The molecule has 1 saturated heterocycles. The van der Waals surface area contributed by atoms with E-state index in [2.05, 4.69) is 40.7 Å². The SMILES string of the molecule is CCNC(=NCc1cccc2c1OCCCO2)NC1CCN(c2ccccc2OC)C1. The van der Waals surface area contributed by atoms with E-state index in [1.807, 2.05) is 24.3 Å². The molecule has 2 N–H and O–H groups in total. The average Bonchev–Trinajstić information content (AvgIpc) is 3.12. The molecular weight excluding hydrogens is 392 g/mol. The van der Waals surface area contributed by atoms with E-state index in [9.17, 15) is 0 Å². The van der Waals surface area contributed by atoms with Crippen LogP contribution < -0.4 is 29.7 Å². The molecule has 2 aliphatic heterocycles. The second kappa shape index (κ2) is 10.3. The summed E-state index contributed by atoms with van der Waals surface area (Å²) < 4.78 is 17.3. The van der Waals surface area contributed by atoms with Crippen LogP contribution in [0, 0.1) is 0 Å². The molecule has 0 saturated carbocycles. The van der Waals surface area contributed by atoms with Crippen LogP contribution in [0.3, 0.4) is 0 Å². The summed E-state index contributed by atoms with van der Waals surface area (Å²) in [5, 5.41) is 6.97. The normalized spacial score (nSPS) is 18.5. The Labute approximate surface area is 184 Å². The van der Waals surface area contributed by atoms with Crippen molar-refractivity contribution in [2.45, 2.75) is 32.4 Å². The van der Waals surface area contributed by atoms with Gasteiger partial charge in [0.2, 0.25) is 0 Å². The molecule has 0 bridgehead atoms. The van der Waals surface area contributed by atoms with Crippen LogP contribution in [0.5, 0.6) is 17.2 Å². The lowest BCUT2D eigenvalue weighted by molar-refractivity contribution is 0.296. The maximum absolute atomic E-state index is 5.94. The van der Waals surface area contributed by atoms with Gasteiger partial charge in [0.25, 0.3) is 0 Å². The molecule has 4 rings (SSSR count). The van der Waals surface area contributed by atoms with Gasteiger partial charge in [-0.3, -0.25) is 0 Å². The summed E-state index contributed by atoms with van der Waals surface area (Å²) in [4.78, 5) is 7.20. The summed E-state index contributed by atoms with van der Waals surface area (Å²) in [5.41, 5.74) is 2.18. The zero-order valence-corrected chi connectivity index (χ0v) is 18.4. The lowest BCUT2D eigenvalue weighted by atomic mass is 10.2. The Morgan fingerprint density at radius 2 is 2.03 bits per heavy atom. The number of anilines is 1. The van der Waals surface area contributed by atoms with Crippen molar-refractivity contribution in [2.24, 2.45) is 4.99 Å². The molecule has 166 valence electrons. The number of para-hydroxylation sites is 3. The maximum atomic E-state index is 5.94. The van der Waals surface area contributed by atoms with Crippen LogP contribution in [0.2, 0.25) is 0 Å². The fourth-order valence-corrected chi connectivity index (χ4v) is 4.04.